The van der Waals surface area contributed by atoms with Crippen molar-refractivity contribution < 1.29 is 4.79 Å². The Balaban J connectivity index is 1.41. The molecular formula is C25H20ClN3OS. The Kier molecular flexibility index (Phi) is 5.53. The van der Waals surface area contributed by atoms with Crippen LogP contribution in [0.2, 0.25) is 5.02 Å². The van der Waals surface area contributed by atoms with Crippen LogP contribution in [0.3, 0.4) is 0 Å². The molecular weight excluding hydrogens is 426 g/mol. The van der Waals surface area contributed by atoms with E-state index in [1.807, 2.05) is 78.7 Å². The monoisotopic (exact) mass is 445 g/mol. The van der Waals surface area contributed by atoms with Gasteiger partial charge >= 0.3 is 0 Å². The first kappa shape index (κ1) is 19.9. The zero-order valence-corrected chi connectivity index (χ0v) is 18.3. The second-order valence-corrected chi connectivity index (χ2v) is 8.88. The van der Waals surface area contributed by atoms with Gasteiger partial charge in [0, 0.05) is 46.4 Å². The molecule has 4 nitrogen and oxygen atoms in total. The number of anilines is 2. The molecule has 1 fully saturated rings. The molecule has 5 rings (SSSR count). The summed E-state index contributed by atoms with van der Waals surface area (Å²) in [5, 5.41) is 5.69. The summed E-state index contributed by atoms with van der Waals surface area (Å²) in [6.45, 7) is 1.05. The maximum absolute atomic E-state index is 12.8. The van der Waals surface area contributed by atoms with E-state index in [1.165, 1.54) is 6.42 Å². The van der Waals surface area contributed by atoms with Crippen molar-refractivity contribution in [2.75, 3.05) is 21.9 Å². The van der Waals surface area contributed by atoms with Crippen LogP contribution in [0.4, 0.5) is 11.4 Å². The van der Waals surface area contributed by atoms with Gasteiger partial charge in [-0.25, -0.2) is 0 Å². The van der Waals surface area contributed by atoms with Gasteiger partial charge in [0.15, 0.2) is 0 Å². The van der Waals surface area contributed by atoms with Gasteiger partial charge in [-0.1, -0.05) is 35.9 Å². The van der Waals surface area contributed by atoms with Gasteiger partial charge in [0.2, 0.25) is 0 Å². The number of hydrogen-bond donors (Lipinski definition) is 1. The molecule has 0 atom stereocenters. The summed E-state index contributed by atoms with van der Waals surface area (Å²) in [4.78, 5) is 17.4. The molecule has 3 aromatic carbocycles. The van der Waals surface area contributed by atoms with Crippen LogP contribution in [0.1, 0.15) is 16.8 Å². The smallest absolute Gasteiger partial charge is 0.255 e. The van der Waals surface area contributed by atoms with Gasteiger partial charge in [-0.2, -0.15) is 0 Å². The quantitative estimate of drug-likeness (QED) is 0.356. The van der Waals surface area contributed by atoms with Crippen LogP contribution in [0, 0.1) is 0 Å². The van der Waals surface area contributed by atoms with Crippen molar-refractivity contribution in [2.45, 2.75) is 6.42 Å². The molecule has 0 bridgehead atoms. The third-order valence-electron chi connectivity index (χ3n) is 5.32. The largest absolute Gasteiger partial charge is 0.322 e. The lowest BCUT2D eigenvalue weighted by atomic mass is 10.0. The van der Waals surface area contributed by atoms with Crippen LogP contribution >= 0.6 is 23.5 Å². The number of halogens is 1. The van der Waals surface area contributed by atoms with Gasteiger partial charge in [-0.3, -0.25) is 9.78 Å². The van der Waals surface area contributed by atoms with E-state index in [1.54, 1.807) is 12.3 Å². The number of pyridine rings is 1. The number of benzene rings is 3. The molecule has 0 saturated carbocycles. The number of nitrogens with zero attached hydrogens (tertiary/aromatic N) is 2. The van der Waals surface area contributed by atoms with Gasteiger partial charge < -0.3 is 9.62 Å². The van der Waals surface area contributed by atoms with Gasteiger partial charge in [0.25, 0.3) is 5.91 Å². The highest BCUT2D eigenvalue weighted by Crippen LogP contribution is 2.34. The van der Waals surface area contributed by atoms with Crippen molar-refractivity contribution in [3.8, 4) is 11.3 Å². The van der Waals surface area contributed by atoms with Gasteiger partial charge in [0.05, 0.1) is 10.7 Å². The lowest BCUT2D eigenvalue weighted by Crippen LogP contribution is -2.13. The molecule has 0 radical (unpaired) electrons. The predicted octanol–water partition coefficient (Wildman–Crippen LogP) is 6.67. The first-order valence-corrected chi connectivity index (χ1v) is 11.5. The van der Waals surface area contributed by atoms with E-state index in [-0.39, 0.29) is 5.91 Å². The fraction of sp³-hybridized carbons (Fsp3) is 0.120. The minimum atomic E-state index is -0.153. The van der Waals surface area contributed by atoms with Crippen molar-refractivity contribution in [1.82, 2.24) is 4.98 Å². The van der Waals surface area contributed by atoms with Crippen LogP contribution in [0.5, 0.6) is 0 Å². The zero-order chi connectivity index (χ0) is 21.2. The van der Waals surface area contributed by atoms with Crippen LogP contribution in [0.25, 0.3) is 22.0 Å². The summed E-state index contributed by atoms with van der Waals surface area (Å²) in [6, 6.07) is 23.3. The Hall–Kier alpha value is -3.02. The standard InChI is InChI=1S/C25H20ClN3OS/c26-23-11-8-19(16-22(23)24-21-5-2-1-4-17(21)12-13-27-24)28-25(30)18-6-9-20(10-7-18)29-14-3-15-31-29/h1-2,4-13,16H,3,14-15H2,(H,28,30). The summed E-state index contributed by atoms with van der Waals surface area (Å²) >= 11 is 8.33. The molecule has 6 heteroatoms. The molecule has 1 aliphatic heterocycles. The maximum atomic E-state index is 12.8. The Morgan fingerprint density at radius 3 is 2.68 bits per heavy atom. The molecule has 2 heterocycles. The van der Waals surface area contributed by atoms with Crippen LogP contribution in [-0.2, 0) is 0 Å². The van der Waals surface area contributed by atoms with Crippen LogP contribution < -0.4 is 9.62 Å². The van der Waals surface area contributed by atoms with E-state index < -0.39 is 0 Å². The third-order valence-corrected chi connectivity index (χ3v) is 6.83. The molecule has 0 unspecified atom stereocenters. The average molecular weight is 446 g/mol. The highest BCUT2D eigenvalue weighted by molar-refractivity contribution is 8.00. The number of aromatic nitrogens is 1. The second kappa shape index (κ2) is 8.61. The first-order chi connectivity index (χ1) is 15.2. The average Bonchev–Trinajstić information content (AvgIpc) is 3.35. The summed E-state index contributed by atoms with van der Waals surface area (Å²) in [7, 11) is 0. The Morgan fingerprint density at radius 2 is 1.87 bits per heavy atom. The minimum absolute atomic E-state index is 0.153. The lowest BCUT2D eigenvalue weighted by Gasteiger charge is -2.16. The molecule has 31 heavy (non-hydrogen) atoms. The molecule has 154 valence electrons. The molecule has 1 aromatic heterocycles. The molecule has 1 aliphatic rings. The number of amides is 1. The number of rotatable bonds is 4. The summed E-state index contributed by atoms with van der Waals surface area (Å²) in [6.07, 6.45) is 2.97. The number of nitrogens with one attached hydrogen (secondary N) is 1. The highest BCUT2D eigenvalue weighted by Gasteiger charge is 2.15. The molecule has 0 aliphatic carbocycles. The van der Waals surface area contributed by atoms with Gasteiger partial charge in [-0.05, 0) is 72.3 Å². The minimum Gasteiger partial charge on any atom is -0.322 e. The molecule has 1 N–H and O–H groups in total. The fourth-order valence-corrected chi connectivity index (χ4v) is 4.97. The van der Waals surface area contributed by atoms with E-state index in [4.69, 9.17) is 11.6 Å². The van der Waals surface area contributed by atoms with Crippen molar-refractivity contribution in [3.63, 3.8) is 0 Å². The second-order valence-electron chi connectivity index (χ2n) is 7.37. The van der Waals surface area contributed by atoms with Crippen molar-refractivity contribution in [3.05, 3.63) is 89.6 Å². The SMILES string of the molecule is O=C(Nc1ccc(Cl)c(-c2nccc3ccccc23)c1)c1ccc(N2CCCS2)cc1. The topological polar surface area (TPSA) is 45.2 Å². The van der Waals surface area contributed by atoms with E-state index in [9.17, 15) is 4.79 Å². The van der Waals surface area contributed by atoms with E-state index in [0.717, 1.165) is 40.0 Å². The maximum Gasteiger partial charge on any atom is 0.255 e. The number of fused-ring (bicyclic) bond motifs is 1. The molecule has 0 spiro atoms. The molecule has 1 saturated heterocycles. The molecule has 1 amide bonds. The van der Waals surface area contributed by atoms with Crippen molar-refractivity contribution in [2.24, 2.45) is 0 Å². The third kappa shape index (κ3) is 4.11. The van der Waals surface area contributed by atoms with Gasteiger partial charge in [0.1, 0.15) is 0 Å². The Labute approximate surface area is 190 Å². The lowest BCUT2D eigenvalue weighted by molar-refractivity contribution is 0.102. The van der Waals surface area contributed by atoms with E-state index >= 15 is 0 Å². The highest BCUT2D eigenvalue weighted by atomic mass is 35.5. The normalized spacial score (nSPS) is 13.5. The molecule has 4 aromatic rings. The summed E-state index contributed by atoms with van der Waals surface area (Å²) < 4.78 is 2.27. The van der Waals surface area contributed by atoms with Crippen LogP contribution in [-0.4, -0.2) is 23.2 Å². The van der Waals surface area contributed by atoms with Crippen molar-refractivity contribution in [1.29, 1.82) is 0 Å². The van der Waals surface area contributed by atoms with Crippen molar-refractivity contribution >= 4 is 51.6 Å². The number of carbonyl (C=O) groups excluding carboxylic acids is 1. The predicted molar refractivity (Wildman–Crippen MR) is 131 cm³/mol. The zero-order valence-electron chi connectivity index (χ0n) is 16.7. The summed E-state index contributed by atoms with van der Waals surface area (Å²) in [5.41, 5.74) is 4.02. The fourth-order valence-electron chi connectivity index (χ4n) is 3.75. The Morgan fingerprint density at radius 1 is 1.03 bits per heavy atom. The number of carbonyl (C=O) groups is 1. The Bertz CT molecular complexity index is 1250. The van der Waals surface area contributed by atoms with Crippen LogP contribution in [0.15, 0.2) is 79.0 Å². The van der Waals surface area contributed by atoms with E-state index in [2.05, 4.69) is 14.6 Å². The van der Waals surface area contributed by atoms with Gasteiger partial charge in [-0.15, -0.1) is 0 Å². The van der Waals surface area contributed by atoms with E-state index in [0.29, 0.717) is 16.3 Å². The summed E-state index contributed by atoms with van der Waals surface area (Å²) in [5.74, 6) is 0.993. The first-order valence-electron chi connectivity index (χ1n) is 10.1. The number of hydrogen-bond acceptors (Lipinski definition) is 4.